The van der Waals surface area contributed by atoms with Crippen molar-refractivity contribution in [3.63, 3.8) is 0 Å². The third kappa shape index (κ3) is 4.37. The van der Waals surface area contributed by atoms with Crippen molar-refractivity contribution in [2.75, 3.05) is 52.6 Å². The van der Waals surface area contributed by atoms with Gasteiger partial charge in [-0.2, -0.15) is 0 Å². The quantitative estimate of drug-likeness (QED) is 0.659. The summed E-state index contributed by atoms with van der Waals surface area (Å²) in [7, 11) is 0. The Morgan fingerprint density at radius 3 is 1.62 bits per heavy atom. The molecule has 2 saturated heterocycles. The van der Waals surface area contributed by atoms with Gasteiger partial charge in [-0.3, -0.25) is 9.80 Å². The fourth-order valence-corrected chi connectivity index (χ4v) is 2.54. The summed E-state index contributed by atoms with van der Waals surface area (Å²) in [4.78, 5) is 5.08. The van der Waals surface area contributed by atoms with Crippen LogP contribution in [-0.4, -0.2) is 62.4 Å². The van der Waals surface area contributed by atoms with Gasteiger partial charge in [0.15, 0.2) is 0 Å². The van der Waals surface area contributed by atoms with Crippen molar-refractivity contribution >= 4 is 0 Å². The average Bonchev–Trinajstić information content (AvgIpc) is 2.37. The molecule has 0 amide bonds. The van der Waals surface area contributed by atoms with Crippen molar-refractivity contribution in [1.29, 1.82) is 0 Å². The molecule has 2 rings (SSSR count). The molecule has 0 aromatic carbocycles. The van der Waals surface area contributed by atoms with Gasteiger partial charge < -0.3 is 10.6 Å². The summed E-state index contributed by atoms with van der Waals surface area (Å²) in [6, 6.07) is 0. The molecule has 4 heteroatoms. The molecule has 2 fully saturated rings. The monoisotopic (exact) mass is 226 g/mol. The van der Waals surface area contributed by atoms with Crippen LogP contribution in [0.5, 0.6) is 0 Å². The highest BCUT2D eigenvalue weighted by Crippen LogP contribution is 2.02. The summed E-state index contributed by atoms with van der Waals surface area (Å²) in [6.07, 6.45) is 5.32. The van der Waals surface area contributed by atoms with Gasteiger partial charge in [-0.05, 0) is 51.9 Å². The highest BCUT2D eigenvalue weighted by atomic mass is 15.2. The number of unbranched alkanes of at least 4 members (excludes halogenated alkanes) is 1. The van der Waals surface area contributed by atoms with Crippen LogP contribution in [0.1, 0.15) is 25.7 Å². The summed E-state index contributed by atoms with van der Waals surface area (Å²) < 4.78 is 0. The Labute approximate surface area is 99.4 Å². The van der Waals surface area contributed by atoms with Crippen molar-refractivity contribution in [1.82, 2.24) is 20.4 Å². The van der Waals surface area contributed by atoms with Crippen LogP contribution in [0.4, 0.5) is 0 Å². The fourth-order valence-electron chi connectivity index (χ4n) is 2.54. The lowest BCUT2D eigenvalue weighted by Crippen LogP contribution is -2.43. The first kappa shape index (κ1) is 12.3. The lowest BCUT2D eigenvalue weighted by Gasteiger charge is -2.29. The Bertz CT molecular complexity index is 154. The van der Waals surface area contributed by atoms with E-state index in [4.69, 9.17) is 0 Å². The van der Waals surface area contributed by atoms with Gasteiger partial charge >= 0.3 is 0 Å². The zero-order chi connectivity index (χ0) is 11.1. The Hall–Kier alpha value is -0.160. The minimum atomic E-state index is 1.10. The second-order valence-corrected chi connectivity index (χ2v) is 4.97. The summed E-state index contributed by atoms with van der Waals surface area (Å²) in [5.74, 6) is 0. The Balaban J connectivity index is 1.47. The van der Waals surface area contributed by atoms with Gasteiger partial charge in [-0.25, -0.2) is 0 Å². The predicted molar refractivity (Wildman–Crippen MR) is 67.4 cm³/mol. The van der Waals surface area contributed by atoms with Crippen molar-refractivity contribution in [2.24, 2.45) is 0 Å². The topological polar surface area (TPSA) is 30.5 Å². The van der Waals surface area contributed by atoms with Gasteiger partial charge in [0.2, 0.25) is 0 Å². The van der Waals surface area contributed by atoms with Gasteiger partial charge in [0.25, 0.3) is 0 Å². The Morgan fingerprint density at radius 2 is 1.25 bits per heavy atom. The molecule has 2 aliphatic rings. The Kier molecular flexibility index (Phi) is 5.55. The first-order valence-corrected chi connectivity index (χ1v) is 6.81. The minimum absolute atomic E-state index is 1.10. The summed E-state index contributed by atoms with van der Waals surface area (Å²) in [5.41, 5.74) is 0. The SMILES string of the molecule is C(CCN1CCCNC1)CN1CCCNC1. The molecule has 0 atom stereocenters. The lowest BCUT2D eigenvalue weighted by atomic mass is 10.2. The number of nitrogens with one attached hydrogen (secondary N) is 2. The highest BCUT2D eigenvalue weighted by molar-refractivity contribution is 4.66. The van der Waals surface area contributed by atoms with Crippen LogP contribution in [0.3, 0.4) is 0 Å². The third-order valence-corrected chi connectivity index (χ3v) is 3.53. The standard InChI is InChI=1S/C12H26N4/c1(7-15-9-3-5-13-11-15)2-8-16-10-4-6-14-12-16/h13-14H,1-12H2. The molecular formula is C12H26N4. The number of hydrogen-bond acceptors (Lipinski definition) is 4. The second kappa shape index (κ2) is 7.22. The molecule has 94 valence electrons. The molecule has 2 heterocycles. The molecule has 0 radical (unpaired) electrons. The molecule has 16 heavy (non-hydrogen) atoms. The van der Waals surface area contributed by atoms with E-state index >= 15 is 0 Å². The normalized spacial score (nSPS) is 24.8. The Morgan fingerprint density at radius 1 is 0.750 bits per heavy atom. The molecule has 0 bridgehead atoms. The maximum atomic E-state index is 3.43. The fraction of sp³-hybridized carbons (Fsp3) is 1.00. The largest absolute Gasteiger partial charge is 0.304 e. The maximum Gasteiger partial charge on any atom is 0.0480 e. The zero-order valence-corrected chi connectivity index (χ0v) is 10.4. The summed E-state index contributed by atoms with van der Waals surface area (Å²) in [5, 5.41) is 6.86. The van der Waals surface area contributed by atoms with E-state index in [0.717, 1.165) is 13.3 Å². The van der Waals surface area contributed by atoms with E-state index in [9.17, 15) is 0 Å². The van der Waals surface area contributed by atoms with E-state index < -0.39 is 0 Å². The molecule has 4 nitrogen and oxygen atoms in total. The summed E-state index contributed by atoms with van der Waals surface area (Å²) >= 11 is 0. The van der Waals surface area contributed by atoms with Crippen molar-refractivity contribution in [3.05, 3.63) is 0 Å². The van der Waals surface area contributed by atoms with Crippen molar-refractivity contribution < 1.29 is 0 Å². The van der Waals surface area contributed by atoms with E-state index in [1.165, 1.54) is 65.0 Å². The van der Waals surface area contributed by atoms with E-state index in [0.29, 0.717) is 0 Å². The molecule has 0 spiro atoms. The molecule has 0 aliphatic carbocycles. The van der Waals surface area contributed by atoms with Gasteiger partial charge in [0, 0.05) is 26.4 Å². The number of hydrogen-bond donors (Lipinski definition) is 2. The molecule has 0 saturated carbocycles. The van der Waals surface area contributed by atoms with Crippen molar-refractivity contribution in [3.8, 4) is 0 Å². The zero-order valence-electron chi connectivity index (χ0n) is 10.4. The molecule has 2 aliphatic heterocycles. The van der Waals surface area contributed by atoms with Crippen LogP contribution < -0.4 is 10.6 Å². The lowest BCUT2D eigenvalue weighted by molar-refractivity contribution is 0.190. The average molecular weight is 226 g/mol. The van der Waals surface area contributed by atoms with E-state index in [2.05, 4.69) is 20.4 Å². The first-order valence-electron chi connectivity index (χ1n) is 6.81. The summed E-state index contributed by atoms with van der Waals surface area (Å²) in [6.45, 7) is 9.74. The van der Waals surface area contributed by atoms with Crippen LogP contribution in [0, 0.1) is 0 Å². The van der Waals surface area contributed by atoms with E-state index in [-0.39, 0.29) is 0 Å². The van der Waals surface area contributed by atoms with Crippen LogP contribution in [0.15, 0.2) is 0 Å². The van der Waals surface area contributed by atoms with Crippen LogP contribution in [-0.2, 0) is 0 Å². The van der Waals surface area contributed by atoms with Crippen LogP contribution >= 0.6 is 0 Å². The molecule has 0 aromatic rings. The molecular weight excluding hydrogens is 200 g/mol. The predicted octanol–water partition coefficient (Wildman–Crippen LogP) is 0.272. The van der Waals surface area contributed by atoms with Gasteiger partial charge in [-0.15, -0.1) is 0 Å². The van der Waals surface area contributed by atoms with Crippen molar-refractivity contribution in [2.45, 2.75) is 25.7 Å². The number of nitrogens with zero attached hydrogens (tertiary/aromatic N) is 2. The van der Waals surface area contributed by atoms with Crippen LogP contribution in [0.25, 0.3) is 0 Å². The van der Waals surface area contributed by atoms with Crippen LogP contribution in [0.2, 0.25) is 0 Å². The van der Waals surface area contributed by atoms with Gasteiger partial charge in [0.05, 0.1) is 0 Å². The van der Waals surface area contributed by atoms with E-state index in [1.54, 1.807) is 0 Å². The first-order chi connectivity index (χ1) is 7.95. The minimum Gasteiger partial charge on any atom is -0.304 e. The smallest absolute Gasteiger partial charge is 0.0480 e. The second-order valence-electron chi connectivity index (χ2n) is 4.97. The van der Waals surface area contributed by atoms with Gasteiger partial charge in [0.1, 0.15) is 0 Å². The van der Waals surface area contributed by atoms with Gasteiger partial charge in [-0.1, -0.05) is 0 Å². The number of rotatable bonds is 5. The highest BCUT2D eigenvalue weighted by Gasteiger charge is 2.10. The molecule has 0 unspecified atom stereocenters. The van der Waals surface area contributed by atoms with E-state index in [1.807, 2.05) is 0 Å². The third-order valence-electron chi connectivity index (χ3n) is 3.53. The molecule has 0 aromatic heterocycles. The molecule has 2 N–H and O–H groups in total. The maximum absolute atomic E-state index is 3.43.